The molecule has 0 spiro atoms. The van der Waals surface area contributed by atoms with Crippen molar-refractivity contribution in [1.82, 2.24) is 5.32 Å². The predicted molar refractivity (Wildman–Crippen MR) is 91.3 cm³/mol. The van der Waals surface area contributed by atoms with Crippen LogP contribution in [0.4, 0.5) is 0 Å². The highest BCUT2D eigenvalue weighted by molar-refractivity contribution is 5.84. The zero-order valence-electron chi connectivity index (χ0n) is 14.5. The second-order valence-electron chi connectivity index (χ2n) is 6.13. The standard InChI is InChI=1S/C18H33NO4/c1-2-3-4-5-6-7-8-9-10-11-13-16(18(22)23)19-17(21)14-12-15-20/h15-16H,2-14H2,1H3,(H,19,21)(H,22,23). The van der Waals surface area contributed by atoms with Gasteiger partial charge in [-0.2, -0.15) is 0 Å². The maximum absolute atomic E-state index is 11.5. The van der Waals surface area contributed by atoms with Gasteiger partial charge in [-0.25, -0.2) is 4.79 Å². The zero-order chi connectivity index (χ0) is 17.3. The number of carboxylic acid groups (broad SMARTS) is 1. The van der Waals surface area contributed by atoms with E-state index in [0.717, 1.165) is 19.3 Å². The smallest absolute Gasteiger partial charge is 0.326 e. The van der Waals surface area contributed by atoms with Gasteiger partial charge in [0.1, 0.15) is 12.3 Å². The fraction of sp³-hybridized carbons (Fsp3) is 0.833. The van der Waals surface area contributed by atoms with E-state index in [1.165, 1.54) is 44.9 Å². The lowest BCUT2D eigenvalue weighted by molar-refractivity contribution is -0.142. The SMILES string of the molecule is CCCCCCCCCCCCC(NC(=O)CCC=O)C(=O)O. The molecular formula is C18H33NO4. The van der Waals surface area contributed by atoms with Gasteiger partial charge in [0, 0.05) is 12.8 Å². The van der Waals surface area contributed by atoms with E-state index in [1.54, 1.807) is 0 Å². The van der Waals surface area contributed by atoms with Gasteiger partial charge in [-0.15, -0.1) is 0 Å². The summed E-state index contributed by atoms with van der Waals surface area (Å²) in [5.41, 5.74) is 0. The maximum Gasteiger partial charge on any atom is 0.326 e. The number of rotatable bonds is 16. The molecule has 1 amide bonds. The van der Waals surface area contributed by atoms with Crippen molar-refractivity contribution in [2.24, 2.45) is 0 Å². The van der Waals surface area contributed by atoms with Crippen LogP contribution in [0.15, 0.2) is 0 Å². The molecular weight excluding hydrogens is 294 g/mol. The molecule has 0 saturated carbocycles. The largest absolute Gasteiger partial charge is 0.480 e. The Morgan fingerprint density at radius 2 is 1.48 bits per heavy atom. The van der Waals surface area contributed by atoms with Crippen molar-refractivity contribution in [3.63, 3.8) is 0 Å². The zero-order valence-corrected chi connectivity index (χ0v) is 14.5. The number of hydrogen-bond acceptors (Lipinski definition) is 3. The number of carbonyl (C=O) groups is 3. The summed E-state index contributed by atoms with van der Waals surface area (Å²) < 4.78 is 0. The van der Waals surface area contributed by atoms with Crippen LogP contribution >= 0.6 is 0 Å². The summed E-state index contributed by atoms with van der Waals surface area (Å²) in [4.78, 5) is 32.8. The van der Waals surface area contributed by atoms with E-state index in [9.17, 15) is 14.4 Å². The van der Waals surface area contributed by atoms with Crippen LogP contribution in [0.1, 0.15) is 90.4 Å². The molecule has 0 fully saturated rings. The first-order valence-electron chi connectivity index (χ1n) is 9.07. The third kappa shape index (κ3) is 14.0. The monoisotopic (exact) mass is 327 g/mol. The minimum Gasteiger partial charge on any atom is -0.480 e. The molecule has 0 rings (SSSR count). The van der Waals surface area contributed by atoms with Crippen LogP contribution in [0.25, 0.3) is 0 Å². The summed E-state index contributed by atoms with van der Waals surface area (Å²) in [6.45, 7) is 2.22. The van der Waals surface area contributed by atoms with E-state index in [0.29, 0.717) is 12.7 Å². The van der Waals surface area contributed by atoms with E-state index in [2.05, 4.69) is 12.2 Å². The number of unbranched alkanes of at least 4 members (excludes halogenated alkanes) is 9. The average Bonchev–Trinajstić information content (AvgIpc) is 2.53. The van der Waals surface area contributed by atoms with Gasteiger partial charge in [-0.1, -0.05) is 71.1 Å². The van der Waals surface area contributed by atoms with Crippen molar-refractivity contribution in [3.05, 3.63) is 0 Å². The number of aldehydes is 1. The highest BCUT2D eigenvalue weighted by Gasteiger charge is 2.18. The Labute approximate surface area is 140 Å². The van der Waals surface area contributed by atoms with Gasteiger partial charge in [0.05, 0.1) is 0 Å². The lowest BCUT2D eigenvalue weighted by atomic mass is 10.0. The summed E-state index contributed by atoms with van der Waals surface area (Å²) in [5.74, 6) is -1.36. The summed E-state index contributed by atoms with van der Waals surface area (Å²) in [7, 11) is 0. The van der Waals surface area contributed by atoms with Crippen LogP contribution in [-0.2, 0) is 14.4 Å². The van der Waals surface area contributed by atoms with Gasteiger partial charge >= 0.3 is 5.97 Å². The number of aliphatic carboxylic acids is 1. The molecule has 134 valence electrons. The fourth-order valence-corrected chi connectivity index (χ4v) is 2.55. The normalized spacial score (nSPS) is 11.9. The fourth-order valence-electron chi connectivity index (χ4n) is 2.55. The molecule has 0 aromatic carbocycles. The molecule has 0 heterocycles. The lowest BCUT2D eigenvalue weighted by Crippen LogP contribution is -2.40. The Hall–Kier alpha value is -1.39. The molecule has 1 unspecified atom stereocenters. The van der Waals surface area contributed by atoms with Crippen LogP contribution in [0.2, 0.25) is 0 Å². The Bertz CT molecular complexity index is 331. The highest BCUT2D eigenvalue weighted by atomic mass is 16.4. The molecule has 5 heteroatoms. The Morgan fingerprint density at radius 3 is 1.96 bits per heavy atom. The van der Waals surface area contributed by atoms with Crippen molar-refractivity contribution in [2.45, 2.75) is 96.4 Å². The van der Waals surface area contributed by atoms with E-state index < -0.39 is 12.0 Å². The van der Waals surface area contributed by atoms with Crippen LogP contribution < -0.4 is 5.32 Å². The molecule has 0 aromatic heterocycles. The molecule has 0 aromatic rings. The Morgan fingerprint density at radius 1 is 0.957 bits per heavy atom. The summed E-state index contributed by atoms with van der Waals surface area (Å²) in [5, 5.41) is 11.6. The van der Waals surface area contributed by atoms with Gasteiger partial charge < -0.3 is 15.2 Å². The van der Waals surface area contributed by atoms with E-state index in [4.69, 9.17) is 5.11 Å². The average molecular weight is 327 g/mol. The minimum atomic E-state index is -1.000. The van der Waals surface area contributed by atoms with Crippen LogP contribution in [0.3, 0.4) is 0 Å². The van der Waals surface area contributed by atoms with E-state index in [1.807, 2.05) is 0 Å². The topological polar surface area (TPSA) is 83.5 Å². The van der Waals surface area contributed by atoms with Crippen molar-refractivity contribution in [1.29, 1.82) is 0 Å². The van der Waals surface area contributed by atoms with Crippen molar-refractivity contribution in [3.8, 4) is 0 Å². The lowest BCUT2D eigenvalue weighted by Gasteiger charge is -2.14. The molecule has 5 nitrogen and oxygen atoms in total. The van der Waals surface area contributed by atoms with Gasteiger partial charge in [-0.05, 0) is 6.42 Å². The van der Waals surface area contributed by atoms with Gasteiger partial charge in [0.25, 0.3) is 0 Å². The molecule has 0 bridgehead atoms. The van der Waals surface area contributed by atoms with E-state index in [-0.39, 0.29) is 18.7 Å². The third-order valence-electron chi connectivity index (χ3n) is 3.97. The number of nitrogens with one attached hydrogen (secondary N) is 1. The Balaban J connectivity index is 3.63. The van der Waals surface area contributed by atoms with Crippen molar-refractivity contribution in [2.75, 3.05) is 0 Å². The number of carboxylic acids is 1. The molecule has 1 atom stereocenters. The summed E-state index contributed by atoms with van der Waals surface area (Å²) >= 11 is 0. The molecule has 0 radical (unpaired) electrons. The first-order valence-corrected chi connectivity index (χ1v) is 9.07. The summed E-state index contributed by atoms with van der Waals surface area (Å²) in [6, 6.07) is -0.830. The van der Waals surface area contributed by atoms with Gasteiger partial charge in [-0.3, -0.25) is 4.79 Å². The second-order valence-corrected chi connectivity index (χ2v) is 6.13. The maximum atomic E-state index is 11.5. The quantitative estimate of drug-likeness (QED) is 0.333. The number of carbonyl (C=O) groups excluding carboxylic acids is 2. The van der Waals surface area contributed by atoms with Crippen LogP contribution in [0.5, 0.6) is 0 Å². The van der Waals surface area contributed by atoms with Crippen LogP contribution in [-0.4, -0.2) is 29.3 Å². The second kappa shape index (κ2) is 15.5. The minimum absolute atomic E-state index is 0.0608. The van der Waals surface area contributed by atoms with Crippen molar-refractivity contribution >= 4 is 18.2 Å². The van der Waals surface area contributed by atoms with Gasteiger partial charge in [0.2, 0.25) is 5.91 Å². The first kappa shape index (κ1) is 21.6. The third-order valence-corrected chi connectivity index (χ3v) is 3.97. The van der Waals surface area contributed by atoms with Crippen molar-refractivity contribution < 1.29 is 19.5 Å². The molecule has 2 N–H and O–H groups in total. The summed E-state index contributed by atoms with van der Waals surface area (Å²) in [6.07, 6.45) is 13.3. The van der Waals surface area contributed by atoms with Crippen LogP contribution in [0, 0.1) is 0 Å². The number of amides is 1. The molecule has 0 saturated heterocycles. The molecule has 23 heavy (non-hydrogen) atoms. The predicted octanol–water partition coefficient (Wildman–Crippen LogP) is 3.85. The first-order chi connectivity index (χ1) is 11.1. The molecule has 0 aliphatic carbocycles. The molecule has 0 aliphatic rings. The number of hydrogen-bond donors (Lipinski definition) is 2. The van der Waals surface area contributed by atoms with E-state index >= 15 is 0 Å². The van der Waals surface area contributed by atoms with Gasteiger partial charge in [0.15, 0.2) is 0 Å². The Kier molecular flexibility index (Phi) is 14.6. The highest BCUT2D eigenvalue weighted by Crippen LogP contribution is 2.12. The molecule has 0 aliphatic heterocycles.